The lowest BCUT2D eigenvalue weighted by molar-refractivity contribution is -0.134. The number of halogens is 1. The van der Waals surface area contributed by atoms with E-state index in [-0.39, 0.29) is 5.82 Å². The molecule has 176 valence electrons. The Morgan fingerprint density at radius 1 is 0.853 bits per heavy atom. The summed E-state index contributed by atoms with van der Waals surface area (Å²) in [5.74, 6) is -1.91. The molecule has 0 atom stereocenters. The lowest BCUT2D eigenvalue weighted by Crippen LogP contribution is -2.46. The van der Waals surface area contributed by atoms with Crippen LogP contribution in [0.3, 0.4) is 0 Å². The fraction of sp³-hybridized carbons (Fsp3) is 0.200. The lowest BCUT2D eigenvalue weighted by Gasteiger charge is -2.34. The molecule has 2 N–H and O–H groups in total. The van der Waals surface area contributed by atoms with E-state index >= 15 is 0 Å². The number of piperazine rings is 1. The molecule has 1 aliphatic heterocycles. The van der Waals surface area contributed by atoms with Gasteiger partial charge in [0.25, 0.3) is 0 Å². The monoisotopic (exact) mass is 464 g/mol. The Hall–Kier alpha value is -4.11. The zero-order valence-corrected chi connectivity index (χ0v) is 18.4. The second-order valence-corrected chi connectivity index (χ2v) is 7.53. The highest BCUT2D eigenvalue weighted by Gasteiger charge is 2.18. The third kappa shape index (κ3) is 7.79. The molecule has 1 aromatic heterocycles. The van der Waals surface area contributed by atoms with E-state index in [2.05, 4.69) is 31.9 Å². The molecule has 4 rings (SSSR count). The van der Waals surface area contributed by atoms with Crippen LogP contribution < -0.4 is 4.90 Å². The maximum atomic E-state index is 13.5. The number of anilines is 1. The first-order valence-electron chi connectivity index (χ1n) is 10.6. The molecule has 0 saturated carbocycles. The summed E-state index contributed by atoms with van der Waals surface area (Å²) in [5, 5.41) is 15.6. The Bertz CT molecular complexity index is 1120. The summed E-state index contributed by atoms with van der Waals surface area (Å²) in [5.41, 5.74) is 3.22. The van der Waals surface area contributed by atoms with Gasteiger partial charge in [-0.2, -0.15) is 0 Å². The summed E-state index contributed by atoms with van der Waals surface area (Å²) in [4.78, 5) is 32.4. The Morgan fingerprint density at radius 2 is 1.44 bits per heavy atom. The predicted molar refractivity (Wildman–Crippen MR) is 126 cm³/mol. The molecule has 0 amide bonds. The zero-order valence-electron chi connectivity index (χ0n) is 18.4. The number of hydrogen-bond donors (Lipinski definition) is 2. The van der Waals surface area contributed by atoms with E-state index in [0.717, 1.165) is 49.8 Å². The average molecular weight is 464 g/mol. The smallest absolute Gasteiger partial charge is 0.328 e. The largest absolute Gasteiger partial charge is 0.478 e. The third-order valence-corrected chi connectivity index (χ3v) is 5.07. The minimum absolute atomic E-state index is 0.202. The number of nitrogens with zero attached hydrogens (tertiary/aromatic N) is 4. The first kappa shape index (κ1) is 24.5. The number of carboxylic acid groups (broad SMARTS) is 2. The van der Waals surface area contributed by atoms with Gasteiger partial charge in [0.05, 0.1) is 0 Å². The van der Waals surface area contributed by atoms with Crippen LogP contribution in [0.1, 0.15) is 5.56 Å². The SMILES string of the molecule is Fc1cccc(-c2cccc(CN3CCN(c4ncccn4)CC3)c2)c1.O=C(O)/C=C\C(=O)O. The van der Waals surface area contributed by atoms with Crippen molar-refractivity contribution in [2.24, 2.45) is 0 Å². The van der Waals surface area contributed by atoms with E-state index < -0.39 is 11.9 Å². The van der Waals surface area contributed by atoms with Crippen molar-refractivity contribution in [2.45, 2.75) is 6.54 Å². The van der Waals surface area contributed by atoms with Crippen molar-refractivity contribution in [2.75, 3.05) is 31.1 Å². The van der Waals surface area contributed by atoms with E-state index in [0.29, 0.717) is 12.2 Å². The highest BCUT2D eigenvalue weighted by molar-refractivity contribution is 5.89. The summed E-state index contributed by atoms with van der Waals surface area (Å²) in [7, 11) is 0. The minimum Gasteiger partial charge on any atom is -0.478 e. The van der Waals surface area contributed by atoms with Gasteiger partial charge in [-0.1, -0.05) is 30.3 Å². The van der Waals surface area contributed by atoms with E-state index in [1.54, 1.807) is 24.5 Å². The first-order chi connectivity index (χ1) is 16.4. The van der Waals surface area contributed by atoms with E-state index in [9.17, 15) is 14.0 Å². The van der Waals surface area contributed by atoms with Gasteiger partial charge in [-0.15, -0.1) is 0 Å². The Labute approximate surface area is 196 Å². The number of aromatic nitrogens is 2. The summed E-state index contributed by atoms with van der Waals surface area (Å²) >= 11 is 0. The van der Waals surface area contributed by atoms with Gasteiger partial charge in [0.1, 0.15) is 5.82 Å². The van der Waals surface area contributed by atoms with Crippen LogP contribution >= 0.6 is 0 Å². The van der Waals surface area contributed by atoms with Crippen LogP contribution in [-0.4, -0.2) is 63.2 Å². The van der Waals surface area contributed by atoms with Crippen molar-refractivity contribution in [3.63, 3.8) is 0 Å². The van der Waals surface area contributed by atoms with Gasteiger partial charge >= 0.3 is 11.9 Å². The van der Waals surface area contributed by atoms with Gasteiger partial charge in [0.2, 0.25) is 5.95 Å². The van der Waals surface area contributed by atoms with E-state index in [1.165, 1.54) is 11.6 Å². The molecule has 34 heavy (non-hydrogen) atoms. The van der Waals surface area contributed by atoms with Crippen molar-refractivity contribution in [3.8, 4) is 11.1 Å². The number of aliphatic carboxylic acids is 2. The molecule has 8 nitrogen and oxygen atoms in total. The molecule has 0 spiro atoms. The van der Waals surface area contributed by atoms with Crippen LogP contribution in [-0.2, 0) is 16.1 Å². The number of benzene rings is 2. The molecule has 2 heterocycles. The highest BCUT2D eigenvalue weighted by atomic mass is 19.1. The van der Waals surface area contributed by atoms with Gasteiger partial charge in [0, 0.05) is 57.3 Å². The van der Waals surface area contributed by atoms with Crippen LogP contribution in [0.25, 0.3) is 11.1 Å². The summed E-state index contributed by atoms with van der Waals surface area (Å²) in [6.07, 6.45) is 4.68. The number of carboxylic acids is 2. The Morgan fingerprint density at radius 3 is 2.03 bits per heavy atom. The lowest BCUT2D eigenvalue weighted by atomic mass is 10.0. The Balaban J connectivity index is 0.000000350. The maximum Gasteiger partial charge on any atom is 0.328 e. The fourth-order valence-electron chi connectivity index (χ4n) is 3.48. The van der Waals surface area contributed by atoms with Crippen molar-refractivity contribution in [3.05, 3.63) is 90.5 Å². The van der Waals surface area contributed by atoms with Crippen LogP contribution in [0.5, 0.6) is 0 Å². The molecule has 1 aliphatic rings. The molecule has 1 fully saturated rings. The number of hydrogen-bond acceptors (Lipinski definition) is 6. The van der Waals surface area contributed by atoms with Crippen LogP contribution in [0.4, 0.5) is 10.3 Å². The maximum absolute atomic E-state index is 13.5. The van der Waals surface area contributed by atoms with Gasteiger partial charge in [-0.25, -0.2) is 23.9 Å². The average Bonchev–Trinajstić information content (AvgIpc) is 2.84. The molecule has 0 aliphatic carbocycles. The molecule has 3 aromatic rings. The fourth-order valence-corrected chi connectivity index (χ4v) is 3.48. The quantitative estimate of drug-likeness (QED) is 0.535. The highest BCUT2D eigenvalue weighted by Crippen LogP contribution is 2.22. The number of rotatable bonds is 6. The number of carbonyl (C=O) groups is 2. The standard InChI is InChI=1S/C21H21FN4.C4H4O4/c22-20-7-2-6-19(15-20)18-5-1-4-17(14-18)16-25-10-12-26(13-11-25)21-23-8-3-9-24-21;5-3(6)1-2-4(7)8/h1-9,14-15H,10-13,16H2;1-2H,(H,5,6)(H,7,8)/b;2-1-. The topological polar surface area (TPSA) is 107 Å². The summed E-state index contributed by atoms with van der Waals surface area (Å²) in [6, 6.07) is 17.0. The predicted octanol–water partition coefficient (Wildman–Crippen LogP) is 3.32. The van der Waals surface area contributed by atoms with Crippen LogP contribution in [0.2, 0.25) is 0 Å². The Kier molecular flexibility index (Phi) is 8.81. The van der Waals surface area contributed by atoms with Gasteiger partial charge in [-0.3, -0.25) is 4.90 Å². The molecule has 0 bridgehead atoms. The zero-order chi connectivity index (χ0) is 24.3. The molecule has 9 heteroatoms. The molecule has 0 unspecified atom stereocenters. The first-order valence-corrected chi connectivity index (χ1v) is 10.6. The van der Waals surface area contributed by atoms with Crippen molar-refractivity contribution < 1.29 is 24.2 Å². The summed E-state index contributed by atoms with van der Waals surface area (Å²) < 4.78 is 13.5. The normalized spacial score (nSPS) is 13.9. The second-order valence-electron chi connectivity index (χ2n) is 7.53. The summed E-state index contributed by atoms with van der Waals surface area (Å²) in [6.45, 7) is 4.69. The van der Waals surface area contributed by atoms with Gasteiger partial charge in [0.15, 0.2) is 0 Å². The minimum atomic E-state index is -1.26. The van der Waals surface area contributed by atoms with Crippen LogP contribution in [0, 0.1) is 5.82 Å². The van der Waals surface area contributed by atoms with Crippen LogP contribution in [0.15, 0.2) is 79.1 Å². The molecular weight excluding hydrogens is 439 g/mol. The van der Waals surface area contributed by atoms with E-state index in [4.69, 9.17) is 10.2 Å². The van der Waals surface area contributed by atoms with Crippen molar-refractivity contribution in [1.29, 1.82) is 0 Å². The molecule has 2 aromatic carbocycles. The second kappa shape index (κ2) is 12.2. The molecular formula is C25H25FN4O4. The van der Waals surface area contributed by atoms with Gasteiger partial charge in [-0.05, 0) is 41.0 Å². The van der Waals surface area contributed by atoms with Gasteiger partial charge < -0.3 is 15.1 Å². The molecule has 0 radical (unpaired) electrons. The van der Waals surface area contributed by atoms with Crippen molar-refractivity contribution in [1.82, 2.24) is 14.9 Å². The van der Waals surface area contributed by atoms with Crippen molar-refractivity contribution >= 4 is 17.9 Å². The molecule has 1 saturated heterocycles. The third-order valence-electron chi connectivity index (χ3n) is 5.07. The van der Waals surface area contributed by atoms with E-state index in [1.807, 2.05) is 24.3 Å².